The lowest BCUT2D eigenvalue weighted by Gasteiger charge is -2.13. The predicted molar refractivity (Wildman–Crippen MR) is 121 cm³/mol. The van der Waals surface area contributed by atoms with Gasteiger partial charge in [-0.15, -0.1) is 0 Å². The van der Waals surface area contributed by atoms with Gasteiger partial charge in [0, 0.05) is 22.6 Å². The SMILES string of the molecule is O=C(O)/C=C/c1ccc(Cc2c(-c3ccc(Cl)cc3)c(=O)oc3cc(O)ccc23)cc1. The van der Waals surface area contributed by atoms with Crippen LogP contribution in [0.25, 0.3) is 28.2 Å². The molecule has 154 valence electrons. The van der Waals surface area contributed by atoms with Crippen LogP contribution in [0.3, 0.4) is 0 Å². The fraction of sp³-hybridized carbons (Fsp3) is 0.0400. The van der Waals surface area contributed by atoms with Crippen LogP contribution in [0.1, 0.15) is 16.7 Å². The summed E-state index contributed by atoms with van der Waals surface area (Å²) in [6.07, 6.45) is 3.03. The van der Waals surface area contributed by atoms with Gasteiger partial charge in [0.25, 0.3) is 0 Å². The van der Waals surface area contributed by atoms with Crippen molar-refractivity contribution < 1.29 is 19.4 Å². The number of fused-ring (bicyclic) bond motifs is 1. The summed E-state index contributed by atoms with van der Waals surface area (Å²) >= 11 is 6.01. The molecule has 0 aliphatic heterocycles. The van der Waals surface area contributed by atoms with Gasteiger partial charge in [0.15, 0.2) is 0 Å². The average molecular weight is 433 g/mol. The maximum absolute atomic E-state index is 12.9. The van der Waals surface area contributed by atoms with Crippen molar-refractivity contribution in [3.63, 3.8) is 0 Å². The van der Waals surface area contributed by atoms with E-state index in [1.807, 2.05) is 24.3 Å². The van der Waals surface area contributed by atoms with Gasteiger partial charge in [0.2, 0.25) is 0 Å². The maximum Gasteiger partial charge on any atom is 0.344 e. The highest BCUT2D eigenvalue weighted by atomic mass is 35.5. The van der Waals surface area contributed by atoms with E-state index >= 15 is 0 Å². The molecule has 0 saturated heterocycles. The van der Waals surface area contributed by atoms with Gasteiger partial charge in [0.1, 0.15) is 11.3 Å². The van der Waals surface area contributed by atoms with Crippen LogP contribution in [-0.4, -0.2) is 16.2 Å². The molecule has 0 radical (unpaired) electrons. The number of carbonyl (C=O) groups is 1. The molecule has 5 nitrogen and oxygen atoms in total. The van der Waals surface area contributed by atoms with Crippen molar-refractivity contribution in [2.45, 2.75) is 6.42 Å². The summed E-state index contributed by atoms with van der Waals surface area (Å²) in [5.41, 5.74) is 3.38. The summed E-state index contributed by atoms with van der Waals surface area (Å²) in [5.74, 6) is -1.00. The van der Waals surface area contributed by atoms with E-state index in [0.717, 1.165) is 28.2 Å². The molecule has 0 amide bonds. The lowest BCUT2D eigenvalue weighted by molar-refractivity contribution is -0.131. The summed E-state index contributed by atoms with van der Waals surface area (Å²) in [5, 5.41) is 19.9. The zero-order chi connectivity index (χ0) is 22.0. The zero-order valence-corrected chi connectivity index (χ0v) is 17.0. The van der Waals surface area contributed by atoms with E-state index in [0.29, 0.717) is 28.2 Å². The van der Waals surface area contributed by atoms with Gasteiger partial charge in [-0.05, 0) is 59.0 Å². The summed E-state index contributed by atoms with van der Waals surface area (Å²) in [6.45, 7) is 0. The highest BCUT2D eigenvalue weighted by Gasteiger charge is 2.17. The Labute approximate surface area is 182 Å². The van der Waals surface area contributed by atoms with Crippen LogP contribution in [0.2, 0.25) is 5.02 Å². The lowest BCUT2D eigenvalue weighted by atomic mass is 9.93. The van der Waals surface area contributed by atoms with Gasteiger partial charge < -0.3 is 14.6 Å². The van der Waals surface area contributed by atoms with E-state index in [9.17, 15) is 14.7 Å². The Balaban J connectivity index is 1.85. The molecular weight excluding hydrogens is 416 g/mol. The first-order chi connectivity index (χ1) is 14.9. The third kappa shape index (κ3) is 4.52. The average Bonchev–Trinajstić information content (AvgIpc) is 2.74. The smallest absolute Gasteiger partial charge is 0.344 e. The van der Waals surface area contributed by atoms with E-state index in [1.165, 1.54) is 12.1 Å². The minimum Gasteiger partial charge on any atom is -0.508 e. The molecule has 0 bridgehead atoms. The van der Waals surface area contributed by atoms with Gasteiger partial charge in [-0.1, -0.05) is 48.0 Å². The molecule has 0 spiro atoms. The first kappa shape index (κ1) is 20.4. The molecule has 0 atom stereocenters. The second kappa shape index (κ2) is 8.50. The fourth-order valence-corrected chi connectivity index (χ4v) is 3.59. The first-order valence-corrected chi connectivity index (χ1v) is 9.83. The molecule has 0 unspecified atom stereocenters. The van der Waals surface area contributed by atoms with Gasteiger partial charge in [-0.3, -0.25) is 0 Å². The number of phenolic OH excluding ortho intramolecular Hbond substituents is 1. The van der Waals surface area contributed by atoms with Crippen molar-refractivity contribution in [3.05, 3.63) is 105 Å². The topological polar surface area (TPSA) is 87.7 Å². The number of halogens is 1. The lowest BCUT2D eigenvalue weighted by Crippen LogP contribution is -2.08. The van der Waals surface area contributed by atoms with Crippen LogP contribution < -0.4 is 5.63 Å². The largest absolute Gasteiger partial charge is 0.508 e. The molecule has 0 fully saturated rings. The van der Waals surface area contributed by atoms with Crippen molar-refractivity contribution in [1.29, 1.82) is 0 Å². The van der Waals surface area contributed by atoms with Crippen molar-refractivity contribution in [2.75, 3.05) is 0 Å². The molecule has 1 aromatic heterocycles. The van der Waals surface area contributed by atoms with E-state index in [1.54, 1.807) is 36.4 Å². The molecule has 31 heavy (non-hydrogen) atoms. The third-order valence-corrected chi connectivity index (χ3v) is 5.16. The van der Waals surface area contributed by atoms with E-state index in [4.69, 9.17) is 21.1 Å². The maximum atomic E-state index is 12.9. The molecule has 4 rings (SSSR count). The van der Waals surface area contributed by atoms with Crippen molar-refractivity contribution in [2.24, 2.45) is 0 Å². The molecule has 3 aromatic carbocycles. The molecule has 0 saturated carbocycles. The monoisotopic (exact) mass is 432 g/mol. The Morgan fingerprint density at radius 3 is 2.39 bits per heavy atom. The van der Waals surface area contributed by atoms with Crippen LogP contribution in [0.15, 0.2) is 82.0 Å². The summed E-state index contributed by atoms with van der Waals surface area (Å²) < 4.78 is 5.50. The Morgan fingerprint density at radius 1 is 1.00 bits per heavy atom. The number of aliphatic carboxylic acids is 1. The van der Waals surface area contributed by atoms with Crippen LogP contribution in [0.5, 0.6) is 5.75 Å². The molecule has 0 aliphatic carbocycles. The van der Waals surface area contributed by atoms with E-state index in [-0.39, 0.29) is 5.75 Å². The van der Waals surface area contributed by atoms with Gasteiger partial charge >= 0.3 is 11.6 Å². The van der Waals surface area contributed by atoms with Gasteiger partial charge in [-0.2, -0.15) is 0 Å². The van der Waals surface area contributed by atoms with Gasteiger partial charge in [0.05, 0.1) is 5.56 Å². The Morgan fingerprint density at radius 2 is 1.71 bits per heavy atom. The van der Waals surface area contributed by atoms with E-state index < -0.39 is 11.6 Å². The number of carboxylic acids is 1. The number of hydrogen-bond acceptors (Lipinski definition) is 4. The minimum atomic E-state index is -1.01. The molecule has 1 heterocycles. The molecule has 6 heteroatoms. The first-order valence-electron chi connectivity index (χ1n) is 9.45. The fourth-order valence-electron chi connectivity index (χ4n) is 3.46. The molecule has 0 aliphatic rings. The quantitative estimate of drug-likeness (QED) is 0.321. The van der Waals surface area contributed by atoms with Crippen LogP contribution in [-0.2, 0) is 11.2 Å². The number of carboxylic acid groups (broad SMARTS) is 1. The standard InChI is InChI=1S/C25H17ClO5/c26-18-8-6-17(7-9-18)24-21(20-11-10-19(27)14-22(20)31-25(24)30)13-16-3-1-15(2-4-16)5-12-23(28)29/h1-12,14,27H,13H2,(H,28,29)/b12-5+. The Hall–Kier alpha value is -3.83. The number of rotatable bonds is 5. The van der Waals surface area contributed by atoms with Gasteiger partial charge in [-0.25, -0.2) is 9.59 Å². The Bertz CT molecular complexity index is 1350. The number of aromatic hydroxyl groups is 1. The minimum absolute atomic E-state index is 0.00964. The highest BCUT2D eigenvalue weighted by molar-refractivity contribution is 6.30. The zero-order valence-electron chi connectivity index (χ0n) is 16.2. The van der Waals surface area contributed by atoms with Crippen LogP contribution in [0, 0.1) is 0 Å². The van der Waals surface area contributed by atoms with Crippen LogP contribution in [0.4, 0.5) is 0 Å². The second-order valence-electron chi connectivity index (χ2n) is 7.02. The number of benzene rings is 3. The normalized spacial score (nSPS) is 11.3. The van der Waals surface area contributed by atoms with Crippen molar-refractivity contribution in [1.82, 2.24) is 0 Å². The van der Waals surface area contributed by atoms with E-state index in [2.05, 4.69) is 0 Å². The van der Waals surface area contributed by atoms with Crippen molar-refractivity contribution >= 4 is 34.6 Å². The second-order valence-corrected chi connectivity index (χ2v) is 7.46. The molecule has 4 aromatic rings. The summed E-state index contributed by atoms with van der Waals surface area (Å²) in [6, 6.07) is 19.1. The summed E-state index contributed by atoms with van der Waals surface area (Å²) in [7, 11) is 0. The highest BCUT2D eigenvalue weighted by Crippen LogP contribution is 2.31. The molecule has 2 N–H and O–H groups in total. The number of phenols is 1. The predicted octanol–water partition coefficient (Wildman–Crippen LogP) is 5.51. The van der Waals surface area contributed by atoms with Crippen LogP contribution >= 0.6 is 11.6 Å². The summed E-state index contributed by atoms with van der Waals surface area (Å²) in [4.78, 5) is 23.6. The third-order valence-electron chi connectivity index (χ3n) is 4.91. The van der Waals surface area contributed by atoms with Crippen molar-refractivity contribution in [3.8, 4) is 16.9 Å². The Kier molecular flexibility index (Phi) is 5.60. The molecular formula is C25H17ClO5. The number of hydrogen-bond donors (Lipinski definition) is 2.